The summed E-state index contributed by atoms with van der Waals surface area (Å²) in [5.41, 5.74) is 2.63. The van der Waals surface area contributed by atoms with Gasteiger partial charge in [-0.25, -0.2) is 9.37 Å². The van der Waals surface area contributed by atoms with Gasteiger partial charge in [-0.1, -0.05) is 50.2 Å². The molecule has 0 aliphatic rings. The third kappa shape index (κ3) is 4.56. The van der Waals surface area contributed by atoms with E-state index in [1.54, 1.807) is 22.8 Å². The number of nitrogens with zero attached hydrogens (tertiary/aromatic N) is 2. The number of rotatable bonds is 7. The van der Waals surface area contributed by atoms with Crippen LogP contribution in [0.25, 0.3) is 11.4 Å². The number of hydrogen-bond donors (Lipinski definition) is 0. The van der Waals surface area contributed by atoms with Gasteiger partial charge in [0.25, 0.3) is 5.56 Å². The Hall–Kier alpha value is -2.95. The molecule has 0 aliphatic heterocycles. The van der Waals surface area contributed by atoms with Crippen LogP contribution in [0.3, 0.4) is 0 Å². The SMILES string of the molecule is COc1cccc(-c2nc(C)c(CC(C)C)c(=O)n2CCc2ccccc2)c1F. The number of benzene rings is 2. The zero-order valence-corrected chi connectivity index (χ0v) is 17.4. The lowest BCUT2D eigenvalue weighted by Gasteiger charge is -2.18. The molecule has 0 bridgehead atoms. The van der Waals surface area contributed by atoms with E-state index in [0.29, 0.717) is 42.4 Å². The second kappa shape index (κ2) is 9.03. The third-order valence-corrected chi connectivity index (χ3v) is 4.97. The van der Waals surface area contributed by atoms with E-state index in [1.807, 2.05) is 37.3 Å². The van der Waals surface area contributed by atoms with Crippen molar-refractivity contribution in [3.8, 4) is 17.1 Å². The van der Waals surface area contributed by atoms with Crippen LogP contribution in [0.15, 0.2) is 53.3 Å². The monoisotopic (exact) mass is 394 g/mol. The number of hydrogen-bond acceptors (Lipinski definition) is 3. The van der Waals surface area contributed by atoms with Crippen LogP contribution in [0.4, 0.5) is 4.39 Å². The molecule has 0 fully saturated rings. The summed E-state index contributed by atoms with van der Waals surface area (Å²) in [4.78, 5) is 18.0. The topological polar surface area (TPSA) is 44.1 Å². The molecule has 0 N–H and O–H groups in total. The minimum Gasteiger partial charge on any atom is -0.494 e. The van der Waals surface area contributed by atoms with Gasteiger partial charge < -0.3 is 4.74 Å². The molecular weight excluding hydrogens is 367 g/mol. The fourth-order valence-corrected chi connectivity index (χ4v) is 3.48. The first kappa shape index (κ1) is 20.8. The number of methoxy groups -OCH3 is 1. The van der Waals surface area contributed by atoms with Crippen molar-refractivity contribution in [2.75, 3.05) is 7.11 Å². The summed E-state index contributed by atoms with van der Waals surface area (Å²) >= 11 is 0. The van der Waals surface area contributed by atoms with E-state index in [0.717, 1.165) is 5.56 Å². The second-order valence-corrected chi connectivity index (χ2v) is 7.61. The molecule has 0 saturated heterocycles. The predicted octanol–water partition coefficient (Wildman–Crippen LogP) is 4.81. The van der Waals surface area contributed by atoms with E-state index in [-0.39, 0.29) is 16.9 Å². The quantitative estimate of drug-likeness (QED) is 0.578. The molecular formula is C24H27FN2O2. The first-order valence-electron chi connectivity index (χ1n) is 9.89. The van der Waals surface area contributed by atoms with E-state index >= 15 is 0 Å². The molecule has 0 aliphatic carbocycles. The maximum atomic E-state index is 15.0. The Bertz CT molecular complexity index is 1040. The van der Waals surface area contributed by atoms with Gasteiger partial charge in [-0.15, -0.1) is 0 Å². The first-order valence-corrected chi connectivity index (χ1v) is 9.89. The van der Waals surface area contributed by atoms with E-state index in [4.69, 9.17) is 4.74 Å². The van der Waals surface area contributed by atoms with Crippen LogP contribution >= 0.6 is 0 Å². The lowest BCUT2D eigenvalue weighted by Crippen LogP contribution is -2.29. The van der Waals surface area contributed by atoms with Crippen molar-refractivity contribution < 1.29 is 9.13 Å². The first-order chi connectivity index (χ1) is 13.9. The summed E-state index contributed by atoms with van der Waals surface area (Å²) in [6.07, 6.45) is 1.30. The van der Waals surface area contributed by atoms with Crippen LogP contribution in [0.2, 0.25) is 0 Å². The molecule has 152 valence electrons. The van der Waals surface area contributed by atoms with E-state index in [1.165, 1.54) is 7.11 Å². The molecule has 4 nitrogen and oxygen atoms in total. The van der Waals surface area contributed by atoms with Crippen molar-refractivity contribution in [1.29, 1.82) is 0 Å². The van der Waals surface area contributed by atoms with Gasteiger partial charge in [0.15, 0.2) is 11.6 Å². The zero-order valence-electron chi connectivity index (χ0n) is 17.4. The van der Waals surface area contributed by atoms with Crippen molar-refractivity contribution in [3.63, 3.8) is 0 Å². The minimum absolute atomic E-state index is 0.0978. The normalized spacial score (nSPS) is 11.1. The highest BCUT2D eigenvalue weighted by atomic mass is 19.1. The Morgan fingerprint density at radius 1 is 1.10 bits per heavy atom. The van der Waals surface area contributed by atoms with Crippen LogP contribution in [-0.4, -0.2) is 16.7 Å². The molecule has 29 heavy (non-hydrogen) atoms. The van der Waals surface area contributed by atoms with Crippen molar-refractivity contribution >= 4 is 0 Å². The summed E-state index contributed by atoms with van der Waals surface area (Å²) in [5.74, 6) is 0.291. The summed E-state index contributed by atoms with van der Waals surface area (Å²) in [7, 11) is 1.43. The molecule has 5 heteroatoms. The van der Waals surface area contributed by atoms with Crippen molar-refractivity contribution in [2.45, 2.75) is 40.2 Å². The summed E-state index contributed by atoms with van der Waals surface area (Å²) in [6.45, 7) is 6.39. The Labute approximate surface area is 171 Å². The molecule has 1 aromatic heterocycles. The molecule has 1 heterocycles. The second-order valence-electron chi connectivity index (χ2n) is 7.61. The highest BCUT2D eigenvalue weighted by molar-refractivity contribution is 5.60. The van der Waals surface area contributed by atoms with E-state index in [9.17, 15) is 9.18 Å². The molecule has 0 amide bonds. The van der Waals surface area contributed by atoms with Gasteiger partial charge in [-0.3, -0.25) is 9.36 Å². The highest BCUT2D eigenvalue weighted by Crippen LogP contribution is 2.28. The van der Waals surface area contributed by atoms with Gasteiger partial charge in [-0.05, 0) is 43.4 Å². The van der Waals surface area contributed by atoms with Gasteiger partial charge in [0.05, 0.1) is 12.7 Å². The fraction of sp³-hybridized carbons (Fsp3) is 0.333. The Morgan fingerprint density at radius 2 is 1.83 bits per heavy atom. The van der Waals surface area contributed by atoms with Crippen molar-refractivity contribution in [1.82, 2.24) is 9.55 Å². The number of ether oxygens (including phenoxy) is 1. The summed E-state index contributed by atoms with van der Waals surface area (Å²) in [5, 5.41) is 0. The maximum absolute atomic E-state index is 15.0. The number of aromatic nitrogens is 2. The number of halogens is 1. The fourth-order valence-electron chi connectivity index (χ4n) is 3.48. The zero-order chi connectivity index (χ0) is 21.0. The van der Waals surface area contributed by atoms with E-state index in [2.05, 4.69) is 18.8 Å². The van der Waals surface area contributed by atoms with Crippen molar-refractivity contribution in [2.24, 2.45) is 5.92 Å². The smallest absolute Gasteiger partial charge is 0.257 e. The maximum Gasteiger partial charge on any atom is 0.257 e. The predicted molar refractivity (Wildman–Crippen MR) is 114 cm³/mol. The van der Waals surface area contributed by atoms with Gasteiger partial charge in [0, 0.05) is 17.8 Å². The standard InChI is InChI=1S/C24H27FN2O2/c1-16(2)15-20-17(3)26-23(19-11-8-12-21(29-4)22(19)25)27(24(20)28)14-13-18-9-6-5-7-10-18/h5-12,16H,13-15H2,1-4H3. The lowest BCUT2D eigenvalue weighted by atomic mass is 10.0. The van der Waals surface area contributed by atoms with Gasteiger partial charge in [0.1, 0.15) is 5.82 Å². The molecule has 0 spiro atoms. The van der Waals surface area contributed by atoms with Gasteiger partial charge in [0.2, 0.25) is 0 Å². The van der Waals surface area contributed by atoms with Gasteiger partial charge in [-0.2, -0.15) is 0 Å². The number of aryl methyl sites for hydroxylation is 2. The average molecular weight is 394 g/mol. The van der Waals surface area contributed by atoms with Gasteiger partial charge >= 0.3 is 0 Å². The molecule has 0 unspecified atom stereocenters. The molecule has 0 radical (unpaired) electrons. The van der Waals surface area contributed by atoms with Crippen LogP contribution in [0.1, 0.15) is 30.7 Å². The summed E-state index contributed by atoms with van der Waals surface area (Å²) < 4.78 is 21.7. The molecule has 0 saturated carbocycles. The lowest BCUT2D eigenvalue weighted by molar-refractivity contribution is 0.387. The molecule has 3 aromatic rings. The average Bonchev–Trinajstić information content (AvgIpc) is 2.71. The Kier molecular flexibility index (Phi) is 6.47. The summed E-state index contributed by atoms with van der Waals surface area (Å²) in [6, 6.07) is 14.9. The molecule has 0 atom stereocenters. The van der Waals surface area contributed by atoms with Crippen LogP contribution in [-0.2, 0) is 19.4 Å². The van der Waals surface area contributed by atoms with Crippen molar-refractivity contribution in [3.05, 3.63) is 81.5 Å². The Balaban J connectivity index is 2.15. The van der Waals surface area contributed by atoms with E-state index < -0.39 is 5.82 Å². The largest absolute Gasteiger partial charge is 0.494 e. The van der Waals surface area contributed by atoms with Crippen LogP contribution < -0.4 is 10.3 Å². The highest BCUT2D eigenvalue weighted by Gasteiger charge is 2.20. The van der Waals surface area contributed by atoms with Crippen LogP contribution in [0.5, 0.6) is 5.75 Å². The van der Waals surface area contributed by atoms with Crippen LogP contribution in [0, 0.1) is 18.7 Å². The Morgan fingerprint density at radius 3 is 2.48 bits per heavy atom. The molecule has 2 aromatic carbocycles. The minimum atomic E-state index is -0.508. The molecule has 3 rings (SSSR count). The third-order valence-electron chi connectivity index (χ3n) is 4.97.